The molecule has 47 valence electrons. The number of hydrogen-bond acceptors (Lipinski definition) is 1. The van der Waals surface area contributed by atoms with Crippen molar-refractivity contribution in [2.24, 2.45) is 0 Å². The maximum Gasteiger partial charge on any atom is 0.159 e. The minimum absolute atomic E-state index is 0.530. The highest BCUT2D eigenvalue weighted by molar-refractivity contribution is 5.41. The van der Waals surface area contributed by atoms with Gasteiger partial charge in [-0.05, 0) is 18.2 Å². The first-order valence-electron chi connectivity index (χ1n) is 2.69. The molecule has 0 saturated heterocycles. The molecule has 9 heavy (non-hydrogen) atoms. The molecule has 0 unspecified atom stereocenters. The molecule has 0 atom stereocenters. The number of benzene rings is 1. The zero-order chi connectivity index (χ0) is 6.53. The van der Waals surface area contributed by atoms with Crippen LogP contribution < -0.4 is 5.32 Å². The fourth-order valence-electron chi connectivity index (χ4n) is 0.580. The molecular weight excluding hydrogens is 117 g/mol. The second-order valence-electron chi connectivity index (χ2n) is 1.60. The summed E-state index contributed by atoms with van der Waals surface area (Å²) in [5, 5.41) is 2.51. The molecule has 0 aliphatic carbocycles. The Morgan fingerprint density at radius 3 is 3.11 bits per heavy atom. The fourth-order valence-corrected chi connectivity index (χ4v) is 0.580. The minimum atomic E-state index is -0.530. The molecule has 0 spiro atoms. The van der Waals surface area contributed by atoms with Gasteiger partial charge < -0.3 is 5.32 Å². The number of anilines is 1. The van der Waals surface area contributed by atoms with E-state index in [1.165, 1.54) is 0 Å². The van der Waals surface area contributed by atoms with Gasteiger partial charge in [-0.25, -0.2) is 4.39 Å². The third-order valence-electron chi connectivity index (χ3n) is 0.978. The molecular formula is C7H7FN. The Hall–Kier alpha value is -1.05. The quantitative estimate of drug-likeness (QED) is 0.593. The standard InChI is InChI=1S/C7H7FN/c8-6-9-7-4-2-1-3-5-7/h1-2,4-5,9H,6H2. The highest BCUT2D eigenvalue weighted by Crippen LogP contribution is 2.02. The molecule has 1 rings (SSSR count). The Morgan fingerprint density at radius 1 is 1.67 bits per heavy atom. The smallest absolute Gasteiger partial charge is 0.159 e. The number of nitrogens with one attached hydrogen (secondary N) is 1. The van der Waals surface area contributed by atoms with Crippen molar-refractivity contribution < 1.29 is 4.39 Å². The molecule has 0 aromatic heterocycles. The van der Waals surface area contributed by atoms with Crippen LogP contribution in [-0.2, 0) is 0 Å². The maximum atomic E-state index is 11.6. The summed E-state index contributed by atoms with van der Waals surface area (Å²) in [6, 6.07) is 9.87. The highest BCUT2D eigenvalue weighted by atomic mass is 19.1. The van der Waals surface area contributed by atoms with Gasteiger partial charge in [-0.1, -0.05) is 12.1 Å². The van der Waals surface area contributed by atoms with Crippen molar-refractivity contribution in [3.63, 3.8) is 0 Å². The summed E-state index contributed by atoms with van der Waals surface area (Å²) >= 11 is 0. The lowest BCUT2D eigenvalue weighted by Crippen LogP contribution is -1.93. The summed E-state index contributed by atoms with van der Waals surface area (Å²) in [4.78, 5) is 0. The Kier molecular flexibility index (Phi) is 2.07. The van der Waals surface area contributed by atoms with Crippen LogP contribution in [0.3, 0.4) is 0 Å². The summed E-state index contributed by atoms with van der Waals surface area (Å²) in [5.74, 6) is 0. The first kappa shape index (κ1) is 6.08. The van der Waals surface area contributed by atoms with Crippen LogP contribution in [0.5, 0.6) is 0 Å². The van der Waals surface area contributed by atoms with Crippen molar-refractivity contribution in [1.82, 2.24) is 0 Å². The van der Waals surface area contributed by atoms with Crippen molar-refractivity contribution in [2.75, 3.05) is 12.1 Å². The van der Waals surface area contributed by atoms with Gasteiger partial charge in [-0.2, -0.15) is 0 Å². The second kappa shape index (κ2) is 3.07. The molecule has 0 bridgehead atoms. The molecule has 1 N–H and O–H groups in total. The Morgan fingerprint density at radius 2 is 2.56 bits per heavy atom. The fraction of sp³-hybridized carbons (Fsp3) is 0.143. The van der Waals surface area contributed by atoms with E-state index in [9.17, 15) is 4.39 Å². The van der Waals surface area contributed by atoms with Gasteiger partial charge in [0.2, 0.25) is 0 Å². The van der Waals surface area contributed by atoms with Crippen LogP contribution in [0.15, 0.2) is 24.3 Å². The molecule has 0 fully saturated rings. The van der Waals surface area contributed by atoms with Crippen molar-refractivity contribution in [1.29, 1.82) is 0 Å². The average Bonchev–Trinajstić information content (AvgIpc) is 1.91. The SMILES string of the molecule is FCNc1c[c]ccc1. The van der Waals surface area contributed by atoms with E-state index in [1.807, 2.05) is 0 Å². The zero-order valence-corrected chi connectivity index (χ0v) is 4.89. The monoisotopic (exact) mass is 124 g/mol. The van der Waals surface area contributed by atoms with Crippen LogP contribution in [0.25, 0.3) is 0 Å². The van der Waals surface area contributed by atoms with Crippen LogP contribution in [0, 0.1) is 6.07 Å². The van der Waals surface area contributed by atoms with E-state index in [1.54, 1.807) is 24.3 Å². The van der Waals surface area contributed by atoms with E-state index in [4.69, 9.17) is 0 Å². The zero-order valence-electron chi connectivity index (χ0n) is 4.89. The molecule has 1 radical (unpaired) electrons. The summed E-state index contributed by atoms with van der Waals surface area (Å²) in [7, 11) is 0. The summed E-state index contributed by atoms with van der Waals surface area (Å²) in [6.07, 6.45) is 0. The first-order valence-corrected chi connectivity index (χ1v) is 2.69. The van der Waals surface area contributed by atoms with E-state index < -0.39 is 6.80 Å². The third kappa shape index (κ3) is 1.72. The topological polar surface area (TPSA) is 12.0 Å². The lowest BCUT2D eigenvalue weighted by atomic mass is 10.3. The highest BCUT2D eigenvalue weighted by Gasteiger charge is 1.83. The van der Waals surface area contributed by atoms with E-state index >= 15 is 0 Å². The van der Waals surface area contributed by atoms with Gasteiger partial charge in [0, 0.05) is 5.69 Å². The average molecular weight is 124 g/mol. The van der Waals surface area contributed by atoms with E-state index in [0.29, 0.717) is 0 Å². The summed E-state index contributed by atoms with van der Waals surface area (Å²) in [6.45, 7) is -0.530. The van der Waals surface area contributed by atoms with Crippen LogP contribution in [0.4, 0.5) is 10.1 Å². The Bertz CT molecular complexity index is 162. The van der Waals surface area contributed by atoms with Crippen LogP contribution in [0.2, 0.25) is 0 Å². The van der Waals surface area contributed by atoms with Crippen LogP contribution in [-0.4, -0.2) is 6.80 Å². The number of hydrogen-bond donors (Lipinski definition) is 1. The van der Waals surface area contributed by atoms with Crippen molar-refractivity contribution in [3.05, 3.63) is 30.3 Å². The molecule has 0 saturated carbocycles. The molecule has 1 aromatic rings. The number of rotatable bonds is 2. The van der Waals surface area contributed by atoms with Crippen LogP contribution in [0.1, 0.15) is 0 Å². The molecule has 0 aliphatic rings. The van der Waals surface area contributed by atoms with Gasteiger partial charge in [0.25, 0.3) is 0 Å². The Balaban J connectivity index is 2.61. The normalized spacial score (nSPS) is 9.00. The first-order chi connectivity index (χ1) is 4.43. The number of halogens is 1. The number of alkyl halides is 1. The predicted molar refractivity (Wildman–Crippen MR) is 34.9 cm³/mol. The van der Waals surface area contributed by atoms with Gasteiger partial charge in [0.1, 0.15) is 0 Å². The van der Waals surface area contributed by atoms with E-state index in [0.717, 1.165) is 5.69 Å². The maximum absolute atomic E-state index is 11.6. The molecule has 0 heterocycles. The predicted octanol–water partition coefficient (Wildman–Crippen LogP) is 1.83. The van der Waals surface area contributed by atoms with Crippen LogP contribution >= 0.6 is 0 Å². The van der Waals surface area contributed by atoms with Crippen molar-refractivity contribution in [2.45, 2.75) is 0 Å². The van der Waals surface area contributed by atoms with E-state index in [-0.39, 0.29) is 0 Å². The van der Waals surface area contributed by atoms with Gasteiger partial charge >= 0.3 is 0 Å². The summed E-state index contributed by atoms with van der Waals surface area (Å²) < 4.78 is 11.6. The molecule has 0 aliphatic heterocycles. The minimum Gasteiger partial charge on any atom is -0.358 e. The van der Waals surface area contributed by atoms with Gasteiger partial charge in [0.05, 0.1) is 0 Å². The van der Waals surface area contributed by atoms with Gasteiger partial charge in [0.15, 0.2) is 6.80 Å². The lowest BCUT2D eigenvalue weighted by Gasteiger charge is -1.96. The summed E-state index contributed by atoms with van der Waals surface area (Å²) in [5.41, 5.74) is 0.764. The molecule has 0 amide bonds. The van der Waals surface area contributed by atoms with Crippen molar-refractivity contribution in [3.8, 4) is 0 Å². The largest absolute Gasteiger partial charge is 0.358 e. The molecule has 1 aromatic carbocycles. The molecule has 1 nitrogen and oxygen atoms in total. The van der Waals surface area contributed by atoms with Gasteiger partial charge in [-0.3, -0.25) is 0 Å². The lowest BCUT2D eigenvalue weighted by molar-refractivity contribution is 0.536. The second-order valence-corrected chi connectivity index (χ2v) is 1.60. The van der Waals surface area contributed by atoms with Crippen molar-refractivity contribution >= 4 is 5.69 Å². The van der Waals surface area contributed by atoms with E-state index in [2.05, 4.69) is 11.4 Å². The molecule has 2 heteroatoms. The van der Waals surface area contributed by atoms with Gasteiger partial charge in [-0.15, -0.1) is 0 Å². The Labute approximate surface area is 53.5 Å². The third-order valence-corrected chi connectivity index (χ3v) is 0.978.